The standard InChI is InChI=1S/C15H20FN3O/c1-9(2)14(10(3)17)15-18-13(19-20-15)8-11-4-6-12(16)7-5-11/h4-7,9-10,14H,8,17H2,1-3H3. The number of nitrogens with two attached hydrogens (primary N) is 1. The van der Waals surface area contributed by atoms with Crippen molar-refractivity contribution < 1.29 is 8.91 Å². The molecular formula is C15H20FN3O. The summed E-state index contributed by atoms with van der Waals surface area (Å²) in [4.78, 5) is 4.42. The maximum atomic E-state index is 12.8. The van der Waals surface area contributed by atoms with Gasteiger partial charge in [-0.15, -0.1) is 0 Å². The lowest BCUT2D eigenvalue weighted by atomic mass is 9.90. The normalized spacial score (nSPS) is 14.5. The van der Waals surface area contributed by atoms with Crippen LogP contribution in [0, 0.1) is 11.7 Å². The van der Waals surface area contributed by atoms with Crippen molar-refractivity contribution >= 4 is 0 Å². The summed E-state index contributed by atoms with van der Waals surface area (Å²) < 4.78 is 18.2. The summed E-state index contributed by atoms with van der Waals surface area (Å²) in [6.07, 6.45) is 0.521. The highest BCUT2D eigenvalue weighted by atomic mass is 19.1. The first-order valence-electron chi connectivity index (χ1n) is 6.80. The van der Waals surface area contributed by atoms with E-state index in [-0.39, 0.29) is 17.8 Å². The molecule has 20 heavy (non-hydrogen) atoms. The van der Waals surface area contributed by atoms with Crippen LogP contribution in [0.25, 0.3) is 0 Å². The molecule has 0 aliphatic rings. The van der Waals surface area contributed by atoms with Gasteiger partial charge in [0.15, 0.2) is 5.82 Å². The van der Waals surface area contributed by atoms with Crippen LogP contribution in [0.5, 0.6) is 0 Å². The third-order valence-corrected chi connectivity index (χ3v) is 3.33. The second-order valence-corrected chi connectivity index (χ2v) is 5.48. The lowest BCUT2D eigenvalue weighted by molar-refractivity contribution is 0.298. The molecule has 0 bridgehead atoms. The van der Waals surface area contributed by atoms with Gasteiger partial charge in [-0.3, -0.25) is 0 Å². The zero-order chi connectivity index (χ0) is 14.7. The highest BCUT2D eigenvalue weighted by molar-refractivity contribution is 5.19. The molecule has 0 amide bonds. The van der Waals surface area contributed by atoms with E-state index in [1.54, 1.807) is 12.1 Å². The lowest BCUT2D eigenvalue weighted by Gasteiger charge is -2.20. The predicted octanol–water partition coefficient (Wildman–Crippen LogP) is 2.89. The van der Waals surface area contributed by atoms with Gasteiger partial charge in [0.05, 0.1) is 5.92 Å². The van der Waals surface area contributed by atoms with Crippen LogP contribution in [-0.2, 0) is 6.42 Å². The molecule has 0 fully saturated rings. The number of hydrogen-bond acceptors (Lipinski definition) is 4. The van der Waals surface area contributed by atoms with Gasteiger partial charge in [0.2, 0.25) is 5.89 Å². The summed E-state index contributed by atoms with van der Waals surface area (Å²) in [6, 6.07) is 6.24. The minimum atomic E-state index is -0.251. The van der Waals surface area contributed by atoms with E-state index in [2.05, 4.69) is 24.0 Å². The molecule has 1 aromatic heterocycles. The molecule has 0 aliphatic heterocycles. The van der Waals surface area contributed by atoms with Gasteiger partial charge in [0, 0.05) is 12.5 Å². The van der Waals surface area contributed by atoms with Crippen LogP contribution in [0.15, 0.2) is 28.8 Å². The molecule has 2 atom stereocenters. The predicted molar refractivity (Wildman–Crippen MR) is 74.7 cm³/mol. The van der Waals surface area contributed by atoms with Crippen molar-refractivity contribution in [2.45, 2.75) is 39.2 Å². The molecule has 0 saturated heterocycles. The summed E-state index contributed by atoms with van der Waals surface area (Å²) in [5.74, 6) is 1.29. The van der Waals surface area contributed by atoms with E-state index in [1.165, 1.54) is 12.1 Å². The van der Waals surface area contributed by atoms with Gasteiger partial charge in [0.1, 0.15) is 5.82 Å². The Bertz CT molecular complexity index is 541. The van der Waals surface area contributed by atoms with E-state index < -0.39 is 0 Å². The van der Waals surface area contributed by atoms with Crippen LogP contribution in [0.2, 0.25) is 0 Å². The van der Waals surface area contributed by atoms with Gasteiger partial charge in [-0.2, -0.15) is 4.98 Å². The van der Waals surface area contributed by atoms with Gasteiger partial charge in [0.25, 0.3) is 0 Å². The van der Waals surface area contributed by atoms with Gasteiger partial charge in [-0.25, -0.2) is 4.39 Å². The Morgan fingerprint density at radius 3 is 2.40 bits per heavy atom. The van der Waals surface area contributed by atoms with Gasteiger partial charge in [-0.05, 0) is 30.5 Å². The minimum absolute atomic E-state index is 0.0458. The first kappa shape index (κ1) is 14.7. The molecule has 2 N–H and O–H groups in total. The molecule has 4 nitrogen and oxygen atoms in total. The van der Waals surface area contributed by atoms with E-state index in [0.717, 1.165) is 5.56 Å². The van der Waals surface area contributed by atoms with Gasteiger partial charge < -0.3 is 10.3 Å². The average molecular weight is 277 g/mol. The Labute approximate surface area is 118 Å². The topological polar surface area (TPSA) is 64.9 Å². The second-order valence-electron chi connectivity index (χ2n) is 5.48. The zero-order valence-electron chi connectivity index (χ0n) is 12.0. The van der Waals surface area contributed by atoms with Crippen LogP contribution in [0.4, 0.5) is 4.39 Å². The monoisotopic (exact) mass is 277 g/mol. The third kappa shape index (κ3) is 3.42. The molecule has 5 heteroatoms. The van der Waals surface area contributed by atoms with E-state index in [9.17, 15) is 4.39 Å². The van der Waals surface area contributed by atoms with Crippen molar-refractivity contribution in [1.29, 1.82) is 0 Å². The highest BCUT2D eigenvalue weighted by Gasteiger charge is 2.26. The summed E-state index contributed by atoms with van der Waals surface area (Å²) in [5, 5.41) is 3.98. The van der Waals surface area contributed by atoms with Crippen molar-refractivity contribution in [2.24, 2.45) is 11.7 Å². The van der Waals surface area contributed by atoms with Crippen molar-refractivity contribution in [3.63, 3.8) is 0 Å². The van der Waals surface area contributed by atoms with Crippen LogP contribution in [0.3, 0.4) is 0 Å². The fourth-order valence-corrected chi connectivity index (χ4v) is 2.38. The summed E-state index contributed by atoms with van der Waals surface area (Å²) in [6.45, 7) is 6.10. The fourth-order valence-electron chi connectivity index (χ4n) is 2.38. The molecule has 0 spiro atoms. The first-order chi connectivity index (χ1) is 9.47. The quantitative estimate of drug-likeness (QED) is 0.912. The van der Waals surface area contributed by atoms with Crippen molar-refractivity contribution in [3.8, 4) is 0 Å². The number of halogens is 1. The Kier molecular flexibility index (Phi) is 4.49. The van der Waals surface area contributed by atoms with E-state index in [0.29, 0.717) is 24.1 Å². The van der Waals surface area contributed by atoms with Crippen LogP contribution < -0.4 is 5.73 Å². The molecule has 2 unspecified atom stereocenters. The molecule has 0 radical (unpaired) electrons. The first-order valence-corrected chi connectivity index (χ1v) is 6.80. The van der Waals surface area contributed by atoms with Crippen LogP contribution in [0.1, 0.15) is 44.0 Å². The molecule has 2 rings (SSSR count). The Morgan fingerprint density at radius 2 is 1.85 bits per heavy atom. The molecule has 108 valence electrons. The molecule has 2 aromatic rings. The molecule has 1 heterocycles. The van der Waals surface area contributed by atoms with E-state index in [1.807, 2.05) is 6.92 Å². The number of hydrogen-bond donors (Lipinski definition) is 1. The summed E-state index contributed by atoms with van der Waals surface area (Å²) in [7, 11) is 0. The van der Waals surface area contributed by atoms with E-state index >= 15 is 0 Å². The Hall–Kier alpha value is -1.75. The van der Waals surface area contributed by atoms with Crippen molar-refractivity contribution in [3.05, 3.63) is 47.4 Å². The molecule has 1 aromatic carbocycles. The fraction of sp³-hybridized carbons (Fsp3) is 0.467. The number of rotatable bonds is 5. The van der Waals surface area contributed by atoms with Gasteiger partial charge in [-0.1, -0.05) is 31.1 Å². The maximum Gasteiger partial charge on any atom is 0.231 e. The smallest absolute Gasteiger partial charge is 0.231 e. The summed E-state index contributed by atoms with van der Waals surface area (Å²) in [5.41, 5.74) is 6.92. The second kappa shape index (κ2) is 6.13. The Morgan fingerprint density at radius 1 is 1.20 bits per heavy atom. The third-order valence-electron chi connectivity index (χ3n) is 3.33. The largest absolute Gasteiger partial charge is 0.339 e. The molecular weight excluding hydrogens is 257 g/mol. The lowest BCUT2D eigenvalue weighted by Crippen LogP contribution is -2.28. The SMILES string of the molecule is CC(C)C(c1nc(Cc2ccc(F)cc2)no1)C(C)N. The number of benzene rings is 1. The number of aromatic nitrogens is 2. The minimum Gasteiger partial charge on any atom is -0.339 e. The molecule has 0 aliphatic carbocycles. The average Bonchev–Trinajstić information content (AvgIpc) is 2.79. The molecule has 0 saturated carbocycles. The van der Waals surface area contributed by atoms with Crippen molar-refractivity contribution in [1.82, 2.24) is 10.1 Å². The Balaban J connectivity index is 2.14. The highest BCUT2D eigenvalue weighted by Crippen LogP contribution is 2.25. The maximum absolute atomic E-state index is 12.8. The van der Waals surface area contributed by atoms with Crippen molar-refractivity contribution in [2.75, 3.05) is 0 Å². The van der Waals surface area contributed by atoms with Gasteiger partial charge >= 0.3 is 0 Å². The van der Waals surface area contributed by atoms with Crippen LogP contribution >= 0.6 is 0 Å². The van der Waals surface area contributed by atoms with Crippen LogP contribution in [-0.4, -0.2) is 16.2 Å². The zero-order valence-corrected chi connectivity index (χ0v) is 12.0. The number of nitrogens with zero attached hydrogens (tertiary/aromatic N) is 2. The van der Waals surface area contributed by atoms with E-state index in [4.69, 9.17) is 10.3 Å². The summed E-state index contributed by atoms with van der Waals surface area (Å²) >= 11 is 0.